The first-order chi connectivity index (χ1) is 10.1. The van der Waals surface area contributed by atoms with Crippen molar-refractivity contribution in [2.45, 2.75) is 26.3 Å². The fraction of sp³-hybridized carbons (Fsp3) is 0.643. The van der Waals surface area contributed by atoms with Crippen LogP contribution in [0.3, 0.4) is 0 Å². The molecule has 7 heteroatoms. The third kappa shape index (κ3) is 4.78. The van der Waals surface area contributed by atoms with Crippen LogP contribution < -0.4 is 0 Å². The average Bonchev–Trinajstić information content (AvgIpc) is 2.90. The van der Waals surface area contributed by atoms with E-state index in [2.05, 4.69) is 20.0 Å². The SMILES string of the molecule is COC(=O)CCC(=O)N1CCN(Cc2csc(C)n2)CC1. The molecule has 6 nitrogen and oxygen atoms in total. The van der Waals surface area contributed by atoms with Gasteiger partial charge in [-0.3, -0.25) is 14.5 Å². The number of thiazole rings is 1. The summed E-state index contributed by atoms with van der Waals surface area (Å²) < 4.78 is 4.55. The summed E-state index contributed by atoms with van der Waals surface area (Å²) >= 11 is 1.66. The molecule has 1 aromatic rings. The van der Waals surface area contributed by atoms with E-state index < -0.39 is 0 Å². The summed E-state index contributed by atoms with van der Waals surface area (Å²) in [6, 6.07) is 0. The molecule has 0 unspecified atom stereocenters. The largest absolute Gasteiger partial charge is 0.469 e. The van der Waals surface area contributed by atoms with Crippen molar-refractivity contribution in [3.8, 4) is 0 Å². The van der Waals surface area contributed by atoms with Crippen molar-refractivity contribution < 1.29 is 14.3 Å². The van der Waals surface area contributed by atoms with Gasteiger partial charge in [-0.15, -0.1) is 11.3 Å². The van der Waals surface area contributed by atoms with Crippen LogP contribution in [-0.4, -0.2) is 59.9 Å². The maximum atomic E-state index is 12.0. The summed E-state index contributed by atoms with van der Waals surface area (Å²) in [7, 11) is 1.34. The van der Waals surface area contributed by atoms with Crippen LogP contribution in [0.15, 0.2) is 5.38 Å². The second-order valence-corrected chi connectivity index (χ2v) is 6.15. The number of hydrogen-bond donors (Lipinski definition) is 0. The number of ether oxygens (including phenoxy) is 1. The van der Waals surface area contributed by atoms with Gasteiger partial charge < -0.3 is 9.64 Å². The van der Waals surface area contributed by atoms with Gasteiger partial charge in [-0.1, -0.05) is 0 Å². The Hall–Kier alpha value is -1.47. The lowest BCUT2D eigenvalue weighted by molar-refractivity contribution is -0.144. The lowest BCUT2D eigenvalue weighted by Crippen LogP contribution is -2.48. The maximum absolute atomic E-state index is 12.0. The third-order valence-corrected chi connectivity index (χ3v) is 4.37. The number of hydrogen-bond acceptors (Lipinski definition) is 6. The van der Waals surface area contributed by atoms with Gasteiger partial charge in [0, 0.05) is 44.5 Å². The van der Waals surface area contributed by atoms with Crippen LogP contribution in [0.25, 0.3) is 0 Å². The van der Waals surface area contributed by atoms with Crippen LogP contribution in [0.5, 0.6) is 0 Å². The smallest absolute Gasteiger partial charge is 0.306 e. The molecule has 0 aliphatic carbocycles. The second kappa shape index (κ2) is 7.51. The van der Waals surface area contributed by atoms with E-state index in [-0.39, 0.29) is 24.7 Å². The summed E-state index contributed by atoms with van der Waals surface area (Å²) in [5.74, 6) is -0.301. The van der Waals surface area contributed by atoms with Crippen molar-refractivity contribution >= 4 is 23.2 Å². The molecule has 2 heterocycles. The lowest BCUT2D eigenvalue weighted by Gasteiger charge is -2.34. The zero-order valence-corrected chi connectivity index (χ0v) is 13.3. The Kier molecular flexibility index (Phi) is 5.69. The topological polar surface area (TPSA) is 62.7 Å². The molecule has 0 spiro atoms. The Balaban J connectivity index is 1.72. The molecule has 0 saturated carbocycles. The van der Waals surface area contributed by atoms with Crippen LogP contribution in [-0.2, 0) is 20.9 Å². The molecule has 2 rings (SSSR count). The van der Waals surface area contributed by atoms with E-state index in [9.17, 15) is 9.59 Å². The number of carbonyl (C=O) groups is 2. The fourth-order valence-electron chi connectivity index (χ4n) is 2.33. The highest BCUT2D eigenvalue weighted by atomic mass is 32.1. The predicted molar refractivity (Wildman–Crippen MR) is 80.0 cm³/mol. The Morgan fingerprint density at radius 1 is 1.29 bits per heavy atom. The molecule has 0 atom stereocenters. The number of aromatic nitrogens is 1. The summed E-state index contributed by atoms with van der Waals surface area (Å²) in [6.45, 7) is 5.97. The molecule has 116 valence electrons. The number of nitrogens with zero attached hydrogens (tertiary/aromatic N) is 3. The normalized spacial score (nSPS) is 16.0. The van der Waals surface area contributed by atoms with Crippen LogP contribution in [0.4, 0.5) is 0 Å². The second-order valence-electron chi connectivity index (χ2n) is 5.09. The van der Waals surface area contributed by atoms with Gasteiger partial charge in [-0.05, 0) is 6.92 Å². The van der Waals surface area contributed by atoms with Crippen LogP contribution in [0, 0.1) is 6.92 Å². The summed E-state index contributed by atoms with van der Waals surface area (Å²) in [5.41, 5.74) is 1.10. The number of aryl methyl sites for hydroxylation is 1. The van der Waals surface area contributed by atoms with Gasteiger partial charge in [0.1, 0.15) is 0 Å². The maximum Gasteiger partial charge on any atom is 0.306 e. The Bertz CT molecular complexity index is 495. The van der Waals surface area contributed by atoms with Crippen molar-refractivity contribution in [2.75, 3.05) is 33.3 Å². The number of esters is 1. The minimum atomic E-state index is -0.333. The molecule has 1 fully saturated rings. The molecular formula is C14H21N3O3S. The van der Waals surface area contributed by atoms with Gasteiger partial charge in [-0.25, -0.2) is 4.98 Å². The van der Waals surface area contributed by atoms with E-state index in [1.165, 1.54) is 7.11 Å². The standard InChI is InChI=1S/C14H21N3O3S/c1-11-15-12(10-21-11)9-16-5-7-17(8-6-16)13(18)3-4-14(19)20-2/h10H,3-9H2,1-2H3. The molecule has 0 radical (unpaired) electrons. The molecule has 0 aromatic carbocycles. The van der Waals surface area contributed by atoms with E-state index >= 15 is 0 Å². The van der Waals surface area contributed by atoms with Crippen LogP contribution in [0.1, 0.15) is 23.5 Å². The molecule has 0 bridgehead atoms. The molecule has 1 amide bonds. The fourth-order valence-corrected chi connectivity index (χ4v) is 2.94. The van der Waals surface area contributed by atoms with Gasteiger partial charge in [0.05, 0.1) is 24.2 Å². The van der Waals surface area contributed by atoms with Crippen molar-refractivity contribution in [1.82, 2.24) is 14.8 Å². The van der Waals surface area contributed by atoms with Gasteiger partial charge >= 0.3 is 5.97 Å². The Morgan fingerprint density at radius 3 is 2.57 bits per heavy atom. The summed E-state index contributed by atoms with van der Waals surface area (Å²) in [4.78, 5) is 31.6. The highest BCUT2D eigenvalue weighted by molar-refractivity contribution is 7.09. The number of methoxy groups -OCH3 is 1. The summed E-state index contributed by atoms with van der Waals surface area (Å²) in [5, 5.41) is 3.17. The highest BCUT2D eigenvalue weighted by Crippen LogP contribution is 2.12. The molecular weight excluding hydrogens is 290 g/mol. The predicted octanol–water partition coefficient (Wildman–Crippen LogP) is 1.05. The van der Waals surface area contributed by atoms with E-state index in [1.807, 2.05) is 11.8 Å². The number of piperazine rings is 1. The first-order valence-corrected chi connectivity index (χ1v) is 7.94. The van der Waals surface area contributed by atoms with Crippen LogP contribution >= 0.6 is 11.3 Å². The first-order valence-electron chi connectivity index (χ1n) is 7.06. The molecule has 21 heavy (non-hydrogen) atoms. The monoisotopic (exact) mass is 311 g/mol. The Labute approximate surface area is 128 Å². The van der Waals surface area contributed by atoms with Crippen molar-refractivity contribution in [1.29, 1.82) is 0 Å². The molecule has 1 aliphatic heterocycles. The minimum absolute atomic E-state index is 0.0320. The summed E-state index contributed by atoms with van der Waals surface area (Å²) in [6.07, 6.45) is 0.394. The number of amides is 1. The van der Waals surface area contributed by atoms with Gasteiger partial charge in [0.2, 0.25) is 5.91 Å². The zero-order chi connectivity index (χ0) is 15.2. The van der Waals surface area contributed by atoms with E-state index in [4.69, 9.17) is 0 Å². The molecule has 1 aliphatic rings. The molecule has 1 saturated heterocycles. The third-order valence-electron chi connectivity index (χ3n) is 3.55. The zero-order valence-electron chi connectivity index (χ0n) is 12.5. The van der Waals surface area contributed by atoms with Gasteiger partial charge in [0.15, 0.2) is 0 Å². The Morgan fingerprint density at radius 2 is 2.00 bits per heavy atom. The van der Waals surface area contributed by atoms with Crippen molar-refractivity contribution in [2.24, 2.45) is 0 Å². The van der Waals surface area contributed by atoms with E-state index in [1.54, 1.807) is 11.3 Å². The first kappa shape index (κ1) is 15.9. The van der Waals surface area contributed by atoms with Crippen molar-refractivity contribution in [3.05, 3.63) is 16.1 Å². The average molecular weight is 311 g/mol. The lowest BCUT2D eigenvalue weighted by atomic mass is 10.2. The molecule has 1 aromatic heterocycles. The minimum Gasteiger partial charge on any atom is -0.469 e. The van der Waals surface area contributed by atoms with E-state index in [0.717, 1.165) is 30.3 Å². The van der Waals surface area contributed by atoms with Crippen LogP contribution in [0.2, 0.25) is 0 Å². The van der Waals surface area contributed by atoms with Gasteiger partial charge in [-0.2, -0.15) is 0 Å². The van der Waals surface area contributed by atoms with Crippen molar-refractivity contribution in [3.63, 3.8) is 0 Å². The van der Waals surface area contributed by atoms with Gasteiger partial charge in [0.25, 0.3) is 0 Å². The van der Waals surface area contributed by atoms with E-state index in [0.29, 0.717) is 13.1 Å². The number of rotatable bonds is 5. The quantitative estimate of drug-likeness (QED) is 0.761. The number of carbonyl (C=O) groups excluding carboxylic acids is 2. The molecule has 0 N–H and O–H groups in total. The highest BCUT2D eigenvalue weighted by Gasteiger charge is 2.21.